The van der Waals surface area contributed by atoms with Crippen LogP contribution >= 0.6 is 0 Å². The monoisotopic (exact) mass is 332 g/mol. The first kappa shape index (κ1) is 16.6. The minimum absolute atomic E-state index is 0.0964. The Morgan fingerprint density at radius 2 is 2.12 bits per heavy atom. The molecule has 3 heterocycles. The van der Waals surface area contributed by atoms with E-state index in [0.29, 0.717) is 30.9 Å². The van der Waals surface area contributed by atoms with E-state index in [-0.39, 0.29) is 24.3 Å². The summed E-state index contributed by atoms with van der Waals surface area (Å²) >= 11 is 0. The molecule has 6 nitrogen and oxygen atoms in total. The first-order chi connectivity index (χ1) is 11.4. The smallest absolute Gasteiger partial charge is 0.257 e. The zero-order valence-corrected chi connectivity index (χ0v) is 13.9. The van der Waals surface area contributed by atoms with E-state index in [0.717, 1.165) is 0 Å². The van der Waals surface area contributed by atoms with Gasteiger partial charge in [0, 0.05) is 37.6 Å². The molecular weight excluding hydrogens is 311 g/mol. The predicted octanol–water partition coefficient (Wildman–Crippen LogP) is 1.87. The van der Waals surface area contributed by atoms with Gasteiger partial charge in [-0.2, -0.15) is 9.49 Å². The van der Waals surface area contributed by atoms with E-state index in [1.807, 2.05) is 13.8 Å². The number of carbonyl (C=O) groups excluding carboxylic acids is 1. The minimum Gasteiger partial charge on any atom is -0.385 e. The fourth-order valence-electron chi connectivity index (χ4n) is 3.14. The lowest BCUT2D eigenvalue weighted by molar-refractivity contribution is -0.0241. The highest BCUT2D eigenvalue weighted by Crippen LogP contribution is 2.34. The Hall–Kier alpha value is -2.28. The second-order valence-corrected chi connectivity index (χ2v) is 6.15. The van der Waals surface area contributed by atoms with Crippen LogP contribution in [0.3, 0.4) is 0 Å². The van der Waals surface area contributed by atoms with Crippen molar-refractivity contribution in [3.63, 3.8) is 0 Å². The third-order valence-corrected chi connectivity index (χ3v) is 4.64. The van der Waals surface area contributed by atoms with Crippen LogP contribution in [0.2, 0.25) is 0 Å². The molecule has 2 aromatic heterocycles. The third-order valence-electron chi connectivity index (χ3n) is 4.64. The van der Waals surface area contributed by atoms with Crippen molar-refractivity contribution in [2.45, 2.75) is 38.8 Å². The molecule has 24 heavy (non-hydrogen) atoms. The number of piperidine rings is 1. The molecular formula is C17H21FN4O2. The summed E-state index contributed by atoms with van der Waals surface area (Å²) in [6.07, 6.45) is 3.67. The Morgan fingerprint density at radius 3 is 2.71 bits per heavy atom. The Morgan fingerprint density at radius 1 is 1.42 bits per heavy atom. The molecule has 0 spiro atoms. The van der Waals surface area contributed by atoms with E-state index in [4.69, 9.17) is 0 Å². The van der Waals surface area contributed by atoms with E-state index in [1.165, 1.54) is 6.20 Å². The Labute approximate surface area is 139 Å². The highest BCUT2D eigenvalue weighted by atomic mass is 19.1. The summed E-state index contributed by atoms with van der Waals surface area (Å²) in [5.41, 5.74) is 0.195. The van der Waals surface area contributed by atoms with E-state index in [2.05, 4.69) is 10.1 Å². The quantitative estimate of drug-likeness (QED) is 0.871. The average Bonchev–Trinajstić information content (AvgIpc) is 2.96. The van der Waals surface area contributed by atoms with E-state index in [1.54, 1.807) is 27.9 Å². The molecule has 2 aromatic rings. The lowest BCUT2D eigenvalue weighted by Gasteiger charge is -2.38. The van der Waals surface area contributed by atoms with Crippen LogP contribution in [0.1, 0.15) is 41.4 Å². The SMILES string of the molecule is CCn1cc(C(=O)N2CCC(O)(c3cccnc3F)CC2)c(C)n1. The molecule has 1 amide bonds. The zero-order chi connectivity index (χ0) is 17.3. The summed E-state index contributed by atoms with van der Waals surface area (Å²) in [4.78, 5) is 18.0. The number of aryl methyl sites for hydroxylation is 2. The summed E-state index contributed by atoms with van der Waals surface area (Å²) in [6.45, 7) is 5.20. The Balaban J connectivity index is 1.74. The van der Waals surface area contributed by atoms with Gasteiger partial charge in [0.25, 0.3) is 5.91 Å². The van der Waals surface area contributed by atoms with Gasteiger partial charge in [-0.25, -0.2) is 4.98 Å². The zero-order valence-electron chi connectivity index (χ0n) is 13.9. The summed E-state index contributed by atoms with van der Waals surface area (Å²) in [5, 5.41) is 15.1. The number of hydrogen-bond acceptors (Lipinski definition) is 4. The van der Waals surface area contributed by atoms with Gasteiger partial charge in [0.2, 0.25) is 5.95 Å². The van der Waals surface area contributed by atoms with Crippen LogP contribution in [-0.2, 0) is 12.1 Å². The third kappa shape index (κ3) is 2.91. The van der Waals surface area contributed by atoms with Crippen LogP contribution in [0.25, 0.3) is 0 Å². The standard InChI is InChI=1S/C17H21FN4O2/c1-3-22-11-13(12(2)20-22)16(23)21-9-6-17(24,7-10-21)14-5-4-8-19-15(14)18/h4-5,8,11,24H,3,6-7,9-10H2,1-2H3. The molecule has 1 aliphatic rings. The van der Waals surface area contributed by atoms with Gasteiger partial charge < -0.3 is 10.0 Å². The second kappa shape index (κ2) is 6.32. The molecule has 0 unspecified atom stereocenters. The minimum atomic E-state index is -1.28. The lowest BCUT2D eigenvalue weighted by atomic mass is 9.85. The molecule has 1 fully saturated rings. The molecule has 0 atom stereocenters. The molecule has 0 aromatic carbocycles. The first-order valence-corrected chi connectivity index (χ1v) is 8.11. The largest absolute Gasteiger partial charge is 0.385 e. The number of rotatable bonds is 3. The molecule has 1 saturated heterocycles. The Bertz CT molecular complexity index is 751. The highest BCUT2D eigenvalue weighted by Gasteiger charge is 2.38. The number of likely N-dealkylation sites (tertiary alicyclic amines) is 1. The van der Waals surface area contributed by atoms with Crippen molar-refractivity contribution in [1.29, 1.82) is 0 Å². The van der Waals surface area contributed by atoms with Crippen LogP contribution in [0.4, 0.5) is 4.39 Å². The van der Waals surface area contributed by atoms with Crippen molar-refractivity contribution in [3.8, 4) is 0 Å². The van der Waals surface area contributed by atoms with Crippen LogP contribution in [-0.4, -0.2) is 43.8 Å². The molecule has 1 N–H and O–H groups in total. The summed E-state index contributed by atoms with van der Waals surface area (Å²) in [5.74, 6) is -0.749. The molecule has 0 aliphatic carbocycles. The molecule has 128 valence electrons. The fraction of sp³-hybridized carbons (Fsp3) is 0.471. The molecule has 0 bridgehead atoms. The van der Waals surface area contributed by atoms with Crippen molar-refractivity contribution in [1.82, 2.24) is 19.7 Å². The molecule has 0 radical (unpaired) electrons. The summed E-state index contributed by atoms with van der Waals surface area (Å²) in [6, 6.07) is 3.16. The van der Waals surface area contributed by atoms with Crippen molar-refractivity contribution >= 4 is 5.91 Å². The molecule has 7 heteroatoms. The summed E-state index contributed by atoms with van der Waals surface area (Å²) in [7, 11) is 0. The topological polar surface area (TPSA) is 71.2 Å². The molecule has 3 rings (SSSR count). The van der Waals surface area contributed by atoms with Gasteiger partial charge in [-0.15, -0.1) is 0 Å². The van der Waals surface area contributed by atoms with Crippen molar-refractivity contribution in [3.05, 3.63) is 47.3 Å². The van der Waals surface area contributed by atoms with Crippen molar-refractivity contribution in [2.75, 3.05) is 13.1 Å². The number of pyridine rings is 1. The van der Waals surface area contributed by atoms with E-state index < -0.39 is 11.5 Å². The number of hydrogen-bond donors (Lipinski definition) is 1. The fourth-order valence-corrected chi connectivity index (χ4v) is 3.14. The maximum Gasteiger partial charge on any atom is 0.257 e. The number of aromatic nitrogens is 3. The number of carbonyl (C=O) groups is 1. The number of halogens is 1. The lowest BCUT2D eigenvalue weighted by Crippen LogP contribution is -2.45. The normalized spacial score (nSPS) is 17.1. The highest BCUT2D eigenvalue weighted by molar-refractivity contribution is 5.95. The van der Waals surface area contributed by atoms with Gasteiger partial charge in [0.05, 0.1) is 16.9 Å². The average molecular weight is 332 g/mol. The van der Waals surface area contributed by atoms with E-state index >= 15 is 0 Å². The number of nitrogens with zero attached hydrogens (tertiary/aromatic N) is 4. The van der Waals surface area contributed by atoms with E-state index in [9.17, 15) is 14.3 Å². The van der Waals surface area contributed by atoms with Gasteiger partial charge in [0.1, 0.15) is 0 Å². The number of aliphatic hydroxyl groups is 1. The second-order valence-electron chi connectivity index (χ2n) is 6.15. The van der Waals surface area contributed by atoms with Gasteiger partial charge >= 0.3 is 0 Å². The Kier molecular flexibility index (Phi) is 4.36. The van der Waals surface area contributed by atoms with Crippen LogP contribution in [0.5, 0.6) is 0 Å². The van der Waals surface area contributed by atoms with Crippen molar-refractivity contribution < 1.29 is 14.3 Å². The maximum absolute atomic E-state index is 13.9. The van der Waals surface area contributed by atoms with Gasteiger partial charge in [-0.3, -0.25) is 9.48 Å². The van der Waals surface area contributed by atoms with Crippen LogP contribution in [0, 0.1) is 12.9 Å². The van der Waals surface area contributed by atoms with Crippen molar-refractivity contribution in [2.24, 2.45) is 0 Å². The maximum atomic E-state index is 13.9. The van der Waals surface area contributed by atoms with Gasteiger partial charge in [-0.05, 0) is 32.8 Å². The van der Waals surface area contributed by atoms with Gasteiger partial charge in [-0.1, -0.05) is 6.07 Å². The molecule has 1 aliphatic heterocycles. The number of amides is 1. The van der Waals surface area contributed by atoms with Crippen LogP contribution < -0.4 is 0 Å². The predicted molar refractivity (Wildman–Crippen MR) is 85.9 cm³/mol. The molecule has 0 saturated carbocycles. The van der Waals surface area contributed by atoms with Gasteiger partial charge in [0.15, 0.2) is 0 Å². The first-order valence-electron chi connectivity index (χ1n) is 8.11. The summed E-state index contributed by atoms with van der Waals surface area (Å²) < 4.78 is 15.6. The van der Waals surface area contributed by atoms with Crippen LogP contribution in [0.15, 0.2) is 24.5 Å².